The summed E-state index contributed by atoms with van der Waals surface area (Å²) in [6.07, 6.45) is 11.0. The Morgan fingerprint density at radius 2 is 2.33 bits per heavy atom. The maximum absolute atomic E-state index is 11.3. The van der Waals surface area contributed by atoms with Crippen molar-refractivity contribution in [2.75, 3.05) is 0 Å². The molecule has 3 heteroatoms. The van der Waals surface area contributed by atoms with Crippen LogP contribution >= 0.6 is 0 Å². The normalized spacial score (nSPS) is 15.7. The van der Waals surface area contributed by atoms with Crippen LogP contribution in [0.1, 0.15) is 25.7 Å². The topological polar surface area (TPSA) is 54.4 Å². The molecule has 0 aliphatic heterocycles. The Morgan fingerprint density at radius 3 is 3.00 bits per heavy atom. The maximum Gasteiger partial charge on any atom is 0.303 e. The fourth-order valence-electron chi connectivity index (χ4n) is 1.29. The smallest absolute Gasteiger partial charge is 0.303 e. The van der Waals surface area contributed by atoms with Gasteiger partial charge in [-0.25, -0.2) is 0 Å². The Bertz CT molecular complexity index is 335. The fraction of sp³-hybridized carbons (Fsp3) is 0.333. The molecule has 15 heavy (non-hydrogen) atoms. The van der Waals surface area contributed by atoms with E-state index in [-0.39, 0.29) is 12.2 Å². The number of unbranched alkanes of at least 4 members (excludes halogenated alkanes) is 1. The summed E-state index contributed by atoms with van der Waals surface area (Å²) in [5, 5.41) is 8.40. The second-order valence-electron chi connectivity index (χ2n) is 3.37. The first-order valence-electron chi connectivity index (χ1n) is 4.98. The summed E-state index contributed by atoms with van der Waals surface area (Å²) >= 11 is 0. The highest BCUT2D eigenvalue weighted by molar-refractivity contribution is 6.00. The number of allylic oxidation sites excluding steroid dienone is 6. The molecule has 1 rings (SSSR count). The van der Waals surface area contributed by atoms with Crippen molar-refractivity contribution in [1.29, 1.82) is 0 Å². The summed E-state index contributed by atoms with van der Waals surface area (Å²) in [5.41, 5.74) is 0.702. The van der Waals surface area contributed by atoms with Gasteiger partial charge in [0.1, 0.15) is 0 Å². The number of carboxylic acids is 1. The number of carbonyl (C=O) groups is 2. The van der Waals surface area contributed by atoms with Gasteiger partial charge in [-0.05, 0) is 12.8 Å². The van der Waals surface area contributed by atoms with E-state index in [9.17, 15) is 9.59 Å². The highest BCUT2D eigenvalue weighted by Crippen LogP contribution is 2.10. The zero-order valence-electron chi connectivity index (χ0n) is 8.48. The molecule has 1 aliphatic carbocycles. The molecule has 0 saturated carbocycles. The predicted octanol–water partition coefficient (Wildman–Crippen LogP) is 2.25. The lowest BCUT2D eigenvalue weighted by atomic mass is 10.0. The molecule has 0 aromatic carbocycles. The number of ketones is 1. The van der Waals surface area contributed by atoms with Gasteiger partial charge in [-0.3, -0.25) is 9.59 Å². The van der Waals surface area contributed by atoms with E-state index in [0.29, 0.717) is 24.8 Å². The third-order valence-corrected chi connectivity index (χ3v) is 2.10. The lowest BCUT2D eigenvalue weighted by molar-refractivity contribution is -0.137. The molecule has 0 amide bonds. The molecule has 1 aliphatic rings. The van der Waals surface area contributed by atoms with Crippen LogP contribution in [0.2, 0.25) is 0 Å². The van der Waals surface area contributed by atoms with Crippen LogP contribution in [0.25, 0.3) is 0 Å². The average molecular weight is 206 g/mol. The van der Waals surface area contributed by atoms with Gasteiger partial charge in [0.05, 0.1) is 0 Å². The van der Waals surface area contributed by atoms with Gasteiger partial charge in [0.15, 0.2) is 5.78 Å². The Labute approximate surface area is 88.8 Å². The van der Waals surface area contributed by atoms with E-state index in [1.165, 1.54) is 0 Å². The van der Waals surface area contributed by atoms with Crippen molar-refractivity contribution in [3.05, 3.63) is 36.0 Å². The van der Waals surface area contributed by atoms with Crippen molar-refractivity contribution in [3.8, 4) is 0 Å². The fourth-order valence-corrected chi connectivity index (χ4v) is 1.29. The quantitative estimate of drug-likeness (QED) is 0.702. The van der Waals surface area contributed by atoms with E-state index in [0.717, 1.165) is 0 Å². The van der Waals surface area contributed by atoms with E-state index in [2.05, 4.69) is 0 Å². The van der Waals surface area contributed by atoms with E-state index >= 15 is 0 Å². The van der Waals surface area contributed by atoms with Gasteiger partial charge in [0.2, 0.25) is 0 Å². The van der Waals surface area contributed by atoms with Gasteiger partial charge in [-0.1, -0.05) is 30.4 Å². The molecule has 0 aromatic heterocycles. The van der Waals surface area contributed by atoms with Gasteiger partial charge in [0, 0.05) is 18.4 Å². The number of carboxylic acid groups (broad SMARTS) is 1. The van der Waals surface area contributed by atoms with Crippen LogP contribution in [-0.4, -0.2) is 16.9 Å². The zero-order chi connectivity index (χ0) is 11.1. The summed E-state index contributed by atoms with van der Waals surface area (Å²) in [6.45, 7) is 0. The van der Waals surface area contributed by atoms with Gasteiger partial charge in [-0.15, -0.1) is 0 Å². The van der Waals surface area contributed by atoms with E-state index < -0.39 is 5.97 Å². The summed E-state index contributed by atoms with van der Waals surface area (Å²) in [4.78, 5) is 21.5. The molecule has 0 radical (unpaired) electrons. The molecular weight excluding hydrogens is 192 g/mol. The van der Waals surface area contributed by atoms with Gasteiger partial charge in [-0.2, -0.15) is 0 Å². The summed E-state index contributed by atoms with van der Waals surface area (Å²) < 4.78 is 0. The van der Waals surface area contributed by atoms with Gasteiger partial charge >= 0.3 is 5.97 Å². The molecule has 0 bridgehead atoms. The average Bonchev–Trinajstić information content (AvgIpc) is 2.20. The van der Waals surface area contributed by atoms with Crippen molar-refractivity contribution in [3.63, 3.8) is 0 Å². The number of rotatable bonds is 5. The number of carbonyl (C=O) groups excluding carboxylic acids is 1. The molecule has 0 fully saturated rings. The van der Waals surface area contributed by atoms with Crippen molar-refractivity contribution < 1.29 is 14.7 Å². The number of Topliss-reactive ketones (excluding diaryl/α,β-unsaturated/α-hetero) is 1. The number of hydrogen-bond donors (Lipinski definition) is 1. The molecule has 0 aromatic rings. The monoisotopic (exact) mass is 206 g/mol. The van der Waals surface area contributed by atoms with Crippen LogP contribution in [0.4, 0.5) is 0 Å². The second-order valence-corrected chi connectivity index (χ2v) is 3.37. The Hall–Kier alpha value is -1.64. The van der Waals surface area contributed by atoms with Crippen molar-refractivity contribution >= 4 is 11.8 Å². The third kappa shape index (κ3) is 4.40. The van der Waals surface area contributed by atoms with E-state index in [4.69, 9.17) is 5.11 Å². The minimum absolute atomic E-state index is 0.118. The molecule has 0 spiro atoms. The van der Waals surface area contributed by atoms with Crippen molar-refractivity contribution in [2.24, 2.45) is 0 Å². The summed E-state index contributed by atoms with van der Waals surface area (Å²) in [6, 6.07) is 0. The molecule has 1 N–H and O–H groups in total. The Balaban J connectivity index is 2.31. The van der Waals surface area contributed by atoms with Gasteiger partial charge < -0.3 is 5.11 Å². The lowest BCUT2D eigenvalue weighted by Gasteiger charge is -2.01. The van der Waals surface area contributed by atoms with Crippen LogP contribution in [-0.2, 0) is 9.59 Å². The largest absolute Gasteiger partial charge is 0.481 e. The minimum Gasteiger partial charge on any atom is -0.481 e. The molecule has 3 nitrogen and oxygen atoms in total. The van der Waals surface area contributed by atoms with E-state index in [1.807, 2.05) is 18.2 Å². The summed E-state index contributed by atoms with van der Waals surface area (Å²) in [7, 11) is 0. The van der Waals surface area contributed by atoms with Crippen LogP contribution in [0.3, 0.4) is 0 Å². The van der Waals surface area contributed by atoms with Crippen LogP contribution in [0.15, 0.2) is 36.0 Å². The second kappa shape index (κ2) is 5.96. The third-order valence-electron chi connectivity index (χ3n) is 2.10. The Morgan fingerprint density at radius 1 is 1.53 bits per heavy atom. The standard InChI is InChI=1S/C12H14O3/c13-11-8-5-4-7-10(11)6-2-1-3-9-12(14)15/h2,4-7H,1,3,8-9H2,(H,14,15). The first-order chi connectivity index (χ1) is 7.20. The summed E-state index contributed by atoms with van der Waals surface area (Å²) in [5.74, 6) is -0.661. The number of aliphatic carboxylic acids is 1. The molecule has 0 unspecified atom stereocenters. The van der Waals surface area contributed by atoms with Crippen LogP contribution < -0.4 is 0 Å². The first-order valence-corrected chi connectivity index (χ1v) is 4.98. The molecule has 0 heterocycles. The molecular formula is C12H14O3. The Kier molecular flexibility index (Phi) is 4.54. The highest BCUT2D eigenvalue weighted by atomic mass is 16.4. The van der Waals surface area contributed by atoms with E-state index in [1.54, 1.807) is 12.2 Å². The first kappa shape index (κ1) is 11.4. The minimum atomic E-state index is -0.778. The van der Waals surface area contributed by atoms with Crippen LogP contribution in [0, 0.1) is 0 Å². The number of hydrogen-bond acceptors (Lipinski definition) is 2. The van der Waals surface area contributed by atoms with Crippen LogP contribution in [0.5, 0.6) is 0 Å². The molecule has 0 saturated heterocycles. The molecule has 0 atom stereocenters. The van der Waals surface area contributed by atoms with Gasteiger partial charge in [0.25, 0.3) is 0 Å². The SMILES string of the molecule is O=C(O)CCCC=CC1=CC=CCC1=O. The lowest BCUT2D eigenvalue weighted by Crippen LogP contribution is -2.01. The maximum atomic E-state index is 11.3. The molecule has 80 valence electrons. The highest BCUT2D eigenvalue weighted by Gasteiger charge is 2.05. The predicted molar refractivity (Wildman–Crippen MR) is 57.5 cm³/mol. The van der Waals surface area contributed by atoms with Crippen molar-refractivity contribution in [2.45, 2.75) is 25.7 Å². The van der Waals surface area contributed by atoms with Crippen molar-refractivity contribution in [1.82, 2.24) is 0 Å². The zero-order valence-corrected chi connectivity index (χ0v) is 8.48.